The van der Waals surface area contributed by atoms with E-state index in [0.29, 0.717) is 17.9 Å². The molecular weight excluding hydrogens is 256 g/mol. The molecule has 1 aromatic carbocycles. The Kier molecular flexibility index (Phi) is 3.00. The van der Waals surface area contributed by atoms with Crippen LogP contribution in [-0.4, -0.2) is 15.5 Å². The Bertz CT molecular complexity index is 772. The normalized spacial score (nSPS) is 10.9. The van der Waals surface area contributed by atoms with E-state index in [1.165, 1.54) is 6.26 Å². The number of nitrogens with zero attached hydrogens (tertiary/aromatic N) is 2. The van der Waals surface area contributed by atoms with Crippen molar-refractivity contribution in [3.8, 4) is 0 Å². The van der Waals surface area contributed by atoms with Gasteiger partial charge in [-0.3, -0.25) is 10.2 Å². The number of hydrogen-bond donors (Lipinski definition) is 2. The molecule has 0 spiro atoms. The highest BCUT2D eigenvalue weighted by atomic mass is 16.3. The van der Waals surface area contributed by atoms with Crippen molar-refractivity contribution in [1.82, 2.24) is 15.0 Å². The van der Waals surface area contributed by atoms with Crippen molar-refractivity contribution in [3.63, 3.8) is 0 Å². The number of para-hydroxylation sites is 2. The summed E-state index contributed by atoms with van der Waals surface area (Å²) in [6.45, 7) is 2.35. The highest BCUT2D eigenvalue weighted by Gasteiger charge is 2.16. The number of hydrazine groups is 1. The van der Waals surface area contributed by atoms with Gasteiger partial charge in [0.2, 0.25) is 0 Å². The molecule has 6 heteroatoms. The third-order valence-electron chi connectivity index (χ3n) is 3.27. The van der Waals surface area contributed by atoms with Crippen molar-refractivity contribution in [2.75, 3.05) is 0 Å². The van der Waals surface area contributed by atoms with E-state index >= 15 is 0 Å². The number of nitrogens with one attached hydrogen (secondary N) is 1. The molecule has 6 nitrogen and oxygen atoms in total. The highest BCUT2D eigenvalue weighted by Crippen LogP contribution is 2.19. The summed E-state index contributed by atoms with van der Waals surface area (Å²) >= 11 is 0. The largest absolute Gasteiger partial charge is 0.467 e. The van der Waals surface area contributed by atoms with E-state index in [-0.39, 0.29) is 5.91 Å². The smallest absolute Gasteiger partial charge is 0.268 e. The molecule has 2 aromatic heterocycles. The quantitative estimate of drug-likeness (QED) is 0.430. The molecule has 102 valence electrons. The summed E-state index contributed by atoms with van der Waals surface area (Å²) in [6, 6.07) is 9.44. The summed E-state index contributed by atoms with van der Waals surface area (Å²) < 4.78 is 7.40. The van der Waals surface area contributed by atoms with Gasteiger partial charge in [-0.15, -0.1) is 0 Å². The topological polar surface area (TPSA) is 86.1 Å². The van der Waals surface area contributed by atoms with E-state index in [0.717, 1.165) is 16.9 Å². The van der Waals surface area contributed by atoms with Crippen LogP contribution in [0.1, 0.15) is 21.9 Å². The molecule has 0 saturated carbocycles. The molecule has 1 amide bonds. The van der Waals surface area contributed by atoms with Gasteiger partial charge in [-0.1, -0.05) is 12.1 Å². The summed E-state index contributed by atoms with van der Waals surface area (Å²) in [5.74, 6) is 6.22. The number of aromatic nitrogens is 2. The van der Waals surface area contributed by atoms with Crippen LogP contribution < -0.4 is 11.3 Å². The predicted octanol–water partition coefficient (Wildman–Crippen LogP) is 1.59. The lowest BCUT2D eigenvalue weighted by molar-refractivity contribution is 0.0951. The Morgan fingerprint density at radius 1 is 1.40 bits per heavy atom. The number of nitrogen functional groups attached to an aromatic ring is 1. The first kappa shape index (κ1) is 12.4. The molecular formula is C14H14N4O2. The van der Waals surface area contributed by atoms with E-state index in [2.05, 4.69) is 10.4 Å². The van der Waals surface area contributed by atoms with Crippen LogP contribution in [0.4, 0.5) is 0 Å². The second-order valence-electron chi connectivity index (χ2n) is 4.46. The van der Waals surface area contributed by atoms with E-state index in [4.69, 9.17) is 10.3 Å². The average molecular weight is 270 g/mol. The SMILES string of the molecule is Cc1nc2ccccc2n1Cc1occc1C(=O)NN. The van der Waals surface area contributed by atoms with E-state index in [1.54, 1.807) is 6.07 Å². The molecule has 0 radical (unpaired) electrons. The number of carbonyl (C=O) groups excluding carboxylic acids is 1. The molecule has 0 fully saturated rings. The van der Waals surface area contributed by atoms with Crippen molar-refractivity contribution in [2.24, 2.45) is 5.84 Å². The van der Waals surface area contributed by atoms with Gasteiger partial charge in [-0.25, -0.2) is 10.8 Å². The number of carbonyl (C=O) groups is 1. The van der Waals surface area contributed by atoms with E-state index in [9.17, 15) is 4.79 Å². The highest BCUT2D eigenvalue weighted by molar-refractivity contribution is 5.94. The molecule has 0 saturated heterocycles. The van der Waals surface area contributed by atoms with Crippen LogP contribution in [0.15, 0.2) is 41.0 Å². The second kappa shape index (κ2) is 4.82. The van der Waals surface area contributed by atoms with Crippen LogP contribution in [0, 0.1) is 6.92 Å². The first-order chi connectivity index (χ1) is 9.70. The van der Waals surface area contributed by atoms with Crippen LogP contribution in [0.2, 0.25) is 0 Å². The van der Waals surface area contributed by atoms with Gasteiger partial charge in [0.15, 0.2) is 0 Å². The summed E-state index contributed by atoms with van der Waals surface area (Å²) in [4.78, 5) is 16.1. The van der Waals surface area contributed by atoms with Crippen LogP contribution in [-0.2, 0) is 6.54 Å². The fourth-order valence-corrected chi connectivity index (χ4v) is 2.28. The Hall–Kier alpha value is -2.60. The molecule has 0 aliphatic rings. The predicted molar refractivity (Wildman–Crippen MR) is 73.9 cm³/mol. The summed E-state index contributed by atoms with van der Waals surface area (Å²) in [7, 11) is 0. The van der Waals surface area contributed by atoms with E-state index in [1.807, 2.05) is 35.8 Å². The zero-order valence-corrected chi connectivity index (χ0v) is 11.0. The number of imidazole rings is 1. The van der Waals surface area contributed by atoms with Crippen LogP contribution >= 0.6 is 0 Å². The summed E-state index contributed by atoms with van der Waals surface area (Å²) in [5.41, 5.74) is 4.47. The van der Waals surface area contributed by atoms with Gasteiger partial charge in [0, 0.05) is 0 Å². The lowest BCUT2D eigenvalue weighted by atomic mass is 10.2. The van der Waals surface area contributed by atoms with Gasteiger partial charge in [-0.2, -0.15) is 0 Å². The van der Waals surface area contributed by atoms with Gasteiger partial charge in [0.1, 0.15) is 11.6 Å². The summed E-state index contributed by atoms with van der Waals surface area (Å²) in [5, 5.41) is 0. The lowest BCUT2D eigenvalue weighted by Crippen LogP contribution is -2.30. The molecule has 20 heavy (non-hydrogen) atoms. The Balaban J connectivity index is 2.04. The Morgan fingerprint density at radius 2 is 2.20 bits per heavy atom. The molecule has 3 N–H and O–H groups in total. The zero-order valence-electron chi connectivity index (χ0n) is 11.0. The number of aryl methyl sites for hydroxylation is 1. The van der Waals surface area contributed by atoms with Gasteiger partial charge in [0.05, 0.1) is 29.4 Å². The number of benzene rings is 1. The number of furan rings is 1. The van der Waals surface area contributed by atoms with Gasteiger partial charge in [0.25, 0.3) is 5.91 Å². The van der Waals surface area contributed by atoms with Crippen LogP contribution in [0.5, 0.6) is 0 Å². The number of hydrogen-bond acceptors (Lipinski definition) is 4. The van der Waals surface area contributed by atoms with Gasteiger partial charge >= 0.3 is 0 Å². The fourth-order valence-electron chi connectivity index (χ4n) is 2.28. The van der Waals surface area contributed by atoms with Crippen molar-refractivity contribution in [2.45, 2.75) is 13.5 Å². The number of fused-ring (bicyclic) bond motifs is 1. The maximum atomic E-state index is 11.7. The van der Waals surface area contributed by atoms with Crippen molar-refractivity contribution in [1.29, 1.82) is 0 Å². The molecule has 2 heterocycles. The first-order valence-electron chi connectivity index (χ1n) is 6.20. The minimum absolute atomic E-state index is 0.365. The van der Waals surface area contributed by atoms with Crippen molar-refractivity contribution >= 4 is 16.9 Å². The van der Waals surface area contributed by atoms with Gasteiger partial charge < -0.3 is 8.98 Å². The molecule has 3 rings (SSSR count). The van der Waals surface area contributed by atoms with Crippen molar-refractivity contribution in [3.05, 3.63) is 53.7 Å². The minimum Gasteiger partial charge on any atom is -0.467 e. The van der Waals surface area contributed by atoms with Crippen LogP contribution in [0.25, 0.3) is 11.0 Å². The fraction of sp³-hybridized carbons (Fsp3) is 0.143. The van der Waals surface area contributed by atoms with E-state index < -0.39 is 0 Å². The lowest BCUT2D eigenvalue weighted by Gasteiger charge is -2.06. The molecule has 3 aromatic rings. The zero-order chi connectivity index (χ0) is 14.1. The van der Waals surface area contributed by atoms with Crippen LogP contribution in [0.3, 0.4) is 0 Å². The number of rotatable bonds is 3. The number of amides is 1. The molecule has 0 atom stereocenters. The number of nitrogens with two attached hydrogens (primary N) is 1. The third-order valence-corrected chi connectivity index (χ3v) is 3.27. The first-order valence-corrected chi connectivity index (χ1v) is 6.20. The Morgan fingerprint density at radius 3 is 3.00 bits per heavy atom. The van der Waals surface area contributed by atoms with Gasteiger partial charge in [-0.05, 0) is 25.1 Å². The maximum absolute atomic E-state index is 11.7. The monoisotopic (exact) mass is 270 g/mol. The Labute approximate surface area is 115 Å². The molecule has 0 unspecified atom stereocenters. The maximum Gasteiger partial charge on any atom is 0.268 e. The molecule has 0 aliphatic heterocycles. The summed E-state index contributed by atoms with van der Waals surface area (Å²) in [6.07, 6.45) is 1.48. The van der Waals surface area contributed by atoms with Crippen molar-refractivity contribution < 1.29 is 9.21 Å². The third kappa shape index (κ3) is 1.96. The minimum atomic E-state index is -0.365. The molecule has 0 aliphatic carbocycles. The second-order valence-corrected chi connectivity index (χ2v) is 4.46. The standard InChI is InChI=1S/C14H14N4O2/c1-9-16-11-4-2-3-5-12(11)18(9)8-13-10(6-7-20-13)14(19)17-15/h2-7H,8,15H2,1H3,(H,17,19). The molecule has 0 bridgehead atoms. The average Bonchev–Trinajstić information content (AvgIpc) is 3.04.